The van der Waals surface area contributed by atoms with E-state index in [1.54, 1.807) is 12.0 Å². The second kappa shape index (κ2) is 12.2. The average Bonchev–Trinajstić information content (AvgIpc) is 3.24. The summed E-state index contributed by atoms with van der Waals surface area (Å²) in [7, 11) is 5.65. The molecule has 0 fully saturated rings. The number of fused-ring (bicyclic) bond motifs is 1. The van der Waals surface area contributed by atoms with Crippen LogP contribution in [0.25, 0.3) is 10.9 Å². The maximum absolute atomic E-state index is 13.4. The van der Waals surface area contributed by atoms with Crippen LogP contribution in [0.1, 0.15) is 24.5 Å². The third-order valence-corrected chi connectivity index (χ3v) is 6.05. The number of carbonyl (C=O) groups excluding carboxylic acids is 2. The number of para-hydroxylation sites is 1. The second-order valence-corrected chi connectivity index (χ2v) is 8.77. The van der Waals surface area contributed by atoms with Crippen LogP contribution in [-0.2, 0) is 27.3 Å². The summed E-state index contributed by atoms with van der Waals surface area (Å²) >= 11 is 0. The van der Waals surface area contributed by atoms with E-state index in [0.717, 1.165) is 23.2 Å². The first-order valence-corrected chi connectivity index (χ1v) is 11.7. The third kappa shape index (κ3) is 6.84. The molecule has 7 heteroatoms. The number of benzene rings is 2. The molecule has 7 nitrogen and oxygen atoms in total. The minimum atomic E-state index is -0.101. The number of nitrogens with zero attached hydrogens (tertiary/aromatic N) is 3. The Morgan fingerprint density at radius 3 is 2.38 bits per heavy atom. The van der Waals surface area contributed by atoms with Gasteiger partial charge in [-0.1, -0.05) is 30.3 Å². The van der Waals surface area contributed by atoms with E-state index in [4.69, 9.17) is 4.74 Å². The molecule has 0 bridgehead atoms. The lowest BCUT2D eigenvalue weighted by molar-refractivity contribution is -0.140. The van der Waals surface area contributed by atoms with Gasteiger partial charge in [0, 0.05) is 77.2 Å². The van der Waals surface area contributed by atoms with Gasteiger partial charge in [-0.15, -0.1) is 0 Å². The third-order valence-electron chi connectivity index (χ3n) is 6.05. The standard InChI is InChI=1S/C27H36N4O3/c1-21(32)30(15-7-17-34-4)20-27(33)31(19-22-10-12-24(13-11-22)29(2)3)16-14-23-18-28-26-9-6-5-8-25(23)26/h5-6,8-13,18,28H,7,14-17,19-20H2,1-4H3. The van der Waals surface area contributed by atoms with Gasteiger partial charge in [0.15, 0.2) is 0 Å². The molecule has 0 aliphatic heterocycles. The van der Waals surface area contributed by atoms with Crippen LogP contribution >= 0.6 is 0 Å². The average molecular weight is 465 g/mol. The van der Waals surface area contributed by atoms with E-state index in [9.17, 15) is 9.59 Å². The number of anilines is 1. The molecule has 34 heavy (non-hydrogen) atoms. The van der Waals surface area contributed by atoms with Crippen molar-refractivity contribution in [1.82, 2.24) is 14.8 Å². The first-order chi connectivity index (χ1) is 16.4. The Morgan fingerprint density at radius 2 is 1.71 bits per heavy atom. The van der Waals surface area contributed by atoms with Gasteiger partial charge in [0.05, 0.1) is 6.54 Å². The van der Waals surface area contributed by atoms with Gasteiger partial charge < -0.3 is 24.4 Å². The van der Waals surface area contributed by atoms with E-state index in [1.807, 2.05) is 37.3 Å². The van der Waals surface area contributed by atoms with Crippen molar-refractivity contribution in [3.63, 3.8) is 0 Å². The summed E-state index contributed by atoms with van der Waals surface area (Å²) < 4.78 is 5.11. The van der Waals surface area contributed by atoms with Crippen molar-refractivity contribution in [3.8, 4) is 0 Å². The molecule has 0 aliphatic rings. The molecule has 1 aromatic heterocycles. The molecule has 2 amide bonds. The van der Waals surface area contributed by atoms with Crippen LogP contribution in [-0.4, -0.2) is 74.0 Å². The second-order valence-electron chi connectivity index (χ2n) is 8.77. The molecule has 0 saturated heterocycles. The minimum absolute atomic E-state index is 0.0517. The minimum Gasteiger partial charge on any atom is -0.385 e. The highest BCUT2D eigenvalue weighted by atomic mass is 16.5. The number of methoxy groups -OCH3 is 1. The molecule has 0 atom stereocenters. The topological polar surface area (TPSA) is 68.9 Å². The van der Waals surface area contributed by atoms with Crippen molar-refractivity contribution in [3.05, 3.63) is 65.9 Å². The Labute approximate surface area is 202 Å². The molecule has 0 spiro atoms. The highest BCUT2D eigenvalue weighted by molar-refractivity contribution is 5.85. The summed E-state index contributed by atoms with van der Waals surface area (Å²) in [6.07, 6.45) is 3.45. The summed E-state index contributed by atoms with van der Waals surface area (Å²) in [5.41, 5.74) is 4.45. The number of carbonyl (C=O) groups is 2. The number of nitrogens with one attached hydrogen (secondary N) is 1. The van der Waals surface area contributed by atoms with Gasteiger partial charge in [0.2, 0.25) is 11.8 Å². The molecule has 3 rings (SSSR count). The van der Waals surface area contributed by atoms with Crippen molar-refractivity contribution in [2.75, 3.05) is 52.3 Å². The van der Waals surface area contributed by atoms with Gasteiger partial charge in [-0.25, -0.2) is 0 Å². The zero-order valence-corrected chi connectivity index (χ0v) is 20.7. The van der Waals surface area contributed by atoms with Crippen LogP contribution in [0.3, 0.4) is 0 Å². The monoisotopic (exact) mass is 464 g/mol. The number of aromatic amines is 1. The van der Waals surface area contributed by atoms with Crippen LogP contribution < -0.4 is 4.90 Å². The van der Waals surface area contributed by atoms with Crippen molar-refractivity contribution in [2.45, 2.75) is 26.3 Å². The van der Waals surface area contributed by atoms with E-state index in [-0.39, 0.29) is 18.4 Å². The Bertz CT molecular complexity index is 1070. The van der Waals surface area contributed by atoms with Gasteiger partial charge in [-0.3, -0.25) is 9.59 Å². The maximum Gasteiger partial charge on any atom is 0.242 e. The number of H-pyrrole nitrogens is 1. The highest BCUT2D eigenvalue weighted by Crippen LogP contribution is 2.19. The summed E-state index contributed by atoms with van der Waals surface area (Å²) in [6.45, 7) is 3.71. The van der Waals surface area contributed by atoms with E-state index in [1.165, 1.54) is 17.9 Å². The van der Waals surface area contributed by atoms with E-state index in [0.29, 0.717) is 32.7 Å². The van der Waals surface area contributed by atoms with Crippen molar-refractivity contribution >= 4 is 28.4 Å². The first kappa shape index (κ1) is 25.3. The molecule has 0 radical (unpaired) electrons. The fourth-order valence-electron chi connectivity index (χ4n) is 4.02. The van der Waals surface area contributed by atoms with Gasteiger partial charge in [0.1, 0.15) is 0 Å². The molecule has 3 aromatic rings. The highest BCUT2D eigenvalue weighted by Gasteiger charge is 2.20. The summed E-state index contributed by atoms with van der Waals surface area (Å²) in [5, 5.41) is 1.18. The lowest BCUT2D eigenvalue weighted by Gasteiger charge is -2.27. The van der Waals surface area contributed by atoms with E-state index < -0.39 is 0 Å². The Morgan fingerprint density at radius 1 is 0.971 bits per heavy atom. The van der Waals surface area contributed by atoms with Gasteiger partial charge >= 0.3 is 0 Å². The molecule has 0 saturated carbocycles. The number of hydrogen-bond acceptors (Lipinski definition) is 4. The largest absolute Gasteiger partial charge is 0.385 e. The molecule has 1 N–H and O–H groups in total. The van der Waals surface area contributed by atoms with Crippen LogP contribution in [0.15, 0.2) is 54.7 Å². The number of amides is 2. The zero-order chi connectivity index (χ0) is 24.5. The molecular formula is C27H36N4O3. The Kier molecular flexibility index (Phi) is 9.10. The molecule has 182 valence electrons. The number of ether oxygens (including phenoxy) is 1. The summed E-state index contributed by atoms with van der Waals surface area (Å²) in [6, 6.07) is 16.4. The van der Waals surface area contributed by atoms with Crippen LogP contribution in [0, 0.1) is 0 Å². The summed E-state index contributed by atoms with van der Waals surface area (Å²) in [5.74, 6) is -0.152. The lowest BCUT2D eigenvalue weighted by atomic mass is 10.1. The fraction of sp³-hybridized carbons (Fsp3) is 0.407. The maximum atomic E-state index is 13.4. The fourth-order valence-corrected chi connectivity index (χ4v) is 4.02. The molecular weight excluding hydrogens is 428 g/mol. The molecule has 2 aromatic carbocycles. The normalized spacial score (nSPS) is 10.9. The number of aromatic nitrogens is 1. The van der Waals surface area contributed by atoms with Crippen molar-refractivity contribution < 1.29 is 14.3 Å². The van der Waals surface area contributed by atoms with Crippen molar-refractivity contribution in [1.29, 1.82) is 0 Å². The number of hydrogen-bond donors (Lipinski definition) is 1. The Hall–Kier alpha value is -3.32. The molecule has 0 aliphatic carbocycles. The smallest absolute Gasteiger partial charge is 0.242 e. The predicted octanol–water partition coefficient (Wildman–Crippen LogP) is 3.69. The first-order valence-electron chi connectivity index (χ1n) is 11.7. The van der Waals surface area contributed by atoms with Crippen LogP contribution in [0.5, 0.6) is 0 Å². The van der Waals surface area contributed by atoms with E-state index >= 15 is 0 Å². The summed E-state index contributed by atoms with van der Waals surface area (Å²) in [4.78, 5) is 34.4. The molecule has 0 unspecified atom stereocenters. The van der Waals surface area contributed by atoms with Crippen molar-refractivity contribution in [2.24, 2.45) is 0 Å². The zero-order valence-electron chi connectivity index (χ0n) is 20.7. The van der Waals surface area contributed by atoms with Gasteiger partial charge in [0.25, 0.3) is 0 Å². The quantitative estimate of drug-likeness (QED) is 0.415. The Balaban J connectivity index is 1.75. The van der Waals surface area contributed by atoms with Crippen LogP contribution in [0.4, 0.5) is 5.69 Å². The SMILES string of the molecule is COCCCN(CC(=O)N(CCc1c[nH]c2ccccc12)Cc1ccc(N(C)C)cc1)C(C)=O. The molecule has 1 heterocycles. The van der Waals surface area contributed by atoms with Gasteiger partial charge in [-0.2, -0.15) is 0 Å². The lowest BCUT2D eigenvalue weighted by Crippen LogP contribution is -2.43. The van der Waals surface area contributed by atoms with Gasteiger partial charge in [-0.05, 0) is 42.2 Å². The van der Waals surface area contributed by atoms with E-state index in [2.05, 4.69) is 46.3 Å². The predicted molar refractivity (Wildman–Crippen MR) is 137 cm³/mol. The van der Waals surface area contributed by atoms with Crippen LogP contribution in [0.2, 0.25) is 0 Å². The number of rotatable bonds is 12.